The van der Waals surface area contributed by atoms with E-state index in [0.717, 1.165) is 6.42 Å². The molecule has 0 aliphatic rings. The maximum absolute atomic E-state index is 13.5. The minimum absolute atomic E-state index is 0.0272. The summed E-state index contributed by atoms with van der Waals surface area (Å²) >= 11 is 1.49. The van der Waals surface area contributed by atoms with Crippen molar-refractivity contribution in [3.63, 3.8) is 0 Å². The van der Waals surface area contributed by atoms with Crippen LogP contribution in [0.4, 0.5) is 4.39 Å². The fourth-order valence-corrected chi connectivity index (χ4v) is 3.14. The van der Waals surface area contributed by atoms with E-state index in [0.29, 0.717) is 10.6 Å². The number of hydrogen-bond donors (Lipinski definition) is 1. The lowest BCUT2D eigenvalue weighted by molar-refractivity contribution is 0.601. The lowest BCUT2D eigenvalue weighted by atomic mass is 9.97. The van der Waals surface area contributed by atoms with Crippen LogP contribution in [0.3, 0.4) is 0 Å². The van der Waals surface area contributed by atoms with Crippen LogP contribution in [0.15, 0.2) is 47.4 Å². The third-order valence-electron chi connectivity index (χ3n) is 3.40. The quantitative estimate of drug-likeness (QED) is 0.838. The maximum Gasteiger partial charge on any atom is 0.136 e. The molecule has 106 valence electrons. The van der Waals surface area contributed by atoms with Gasteiger partial charge in [-0.3, -0.25) is 0 Å². The van der Waals surface area contributed by atoms with Gasteiger partial charge in [0.1, 0.15) is 5.82 Å². The van der Waals surface area contributed by atoms with Crippen molar-refractivity contribution in [2.75, 3.05) is 5.75 Å². The fourth-order valence-electron chi connectivity index (χ4n) is 2.25. The zero-order chi connectivity index (χ0) is 14.5. The molecule has 0 radical (unpaired) electrons. The van der Waals surface area contributed by atoms with Gasteiger partial charge in [-0.05, 0) is 49.1 Å². The highest BCUT2D eigenvalue weighted by Crippen LogP contribution is 2.23. The summed E-state index contributed by atoms with van der Waals surface area (Å²) in [5, 5.41) is 0. The number of benzene rings is 2. The van der Waals surface area contributed by atoms with Crippen molar-refractivity contribution in [1.82, 2.24) is 0 Å². The number of rotatable bonds is 5. The average molecular weight is 289 g/mol. The normalized spacial score (nSPS) is 12.4. The van der Waals surface area contributed by atoms with Crippen molar-refractivity contribution in [2.45, 2.75) is 31.2 Å². The number of thioether (sulfide) groups is 1. The van der Waals surface area contributed by atoms with E-state index in [2.05, 4.69) is 32.0 Å². The SMILES string of the molecule is Cc1cccc(C)c1CC(N)CSc1ccccc1F. The highest BCUT2D eigenvalue weighted by atomic mass is 32.2. The van der Waals surface area contributed by atoms with Gasteiger partial charge in [0.05, 0.1) is 0 Å². The molecule has 0 aromatic heterocycles. The van der Waals surface area contributed by atoms with Gasteiger partial charge in [-0.15, -0.1) is 11.8 Å². The lowest BCUT2D eigenvalue weighted by Crippen LogP contribution is -2.26. The first-order valence-electron chi connectivity index (χ1n) is 6.76. The Bertz CT molecular complexity index is 563. The molecule has 20 heavy (non-hydrogen) atoms. The van der Waals surface area contributed by atoms with Crippen LogP contribution in [0, 0.1) is 19.7 Å². The summed E-state index contributed by atoms with van der Waals surface area (Å²) in [6.07, 6.45) is 0.833. The Kier molecular flexibility index (Phi) is 5.21. The fraction of sp³-hybridized carbons (Fsp3) is 0.294. The van der Waals surface area contributed by atoms with E-state index in [1.807, 2.05) is 6.07 Å². The molecule has 0 fully saturated rings. The molecule has 0 aliphatic carbocycles. The Labute approximate surface area is 124 Å². The predicted octanol–water partition coefficient (Wildman–Crippen LogP) is 4.10. The van der Waals surface area contributed by atoms with Crippen molar-refractivity contribution >= 4 is 11.8 Å². The molecule has 2 N–H and O–H groups in total. The van der Waals surface area contributed by atoms with Crippen LogP contribution in [0.25, 0.3) is 0 Å². The molecule has 0 amide bonds. The van der Waals surface area contributed by atoms with E-state index in [4.69, 9.17) is 5.73 Å². The second-order valence-electron chi connectivity index (χ2n) is 5.08. The first-order chi connectivity index (χ1) is 9.58. The summed E-state index contributed by atoms with van der Waals surface area (Å²) in [7, 11) is 0. The summed E-state index contributed by atoms with van der Waals surface area (Å²) in [4.78, 5) is 0.671. The van der Waals surface area contributed by atoms with Crippen molar-refractivity contribution in [3.05, 3.63) is 65.0 Å². The number of halogens is 1. The van der Waals surface area contributed by atoms with Gasteiger partial charge in [0.2, 0.25) is 0 Å². The molecule has 0 saturated heterocycles. The summed E-state index contributed by atoms with van der Waals surface area (Å²) in [5.74, 6) is 0.547. The molecule has 2 rings (SSSR count). The van der Waals surface area contributed by atoms with Crippen molar-refractivity contribution < 1.29 is 4.39 Å². The average Bonchev–Trinajstić information content (AvgIpc) is 2.42. The van der Waals surface area contributed by atoms with Crippen LogP contribution < -0.4 is 5.73 Å². The Morgan fingerprint density at radius 3 is 2.35 bits per heavy atom. The van der Waals surface area contributed by atoms with Gasteiger partial charge in [-0.2, -0.15) is 0 Å². The van der Waals surface area contributed by atoms with Crippen LogP contribution in [-0.2, 0) is 6.42 Å². The van der Waals surface area contributed by atoms with Gasteiger partial charge in [0.25, 0.3) is 0 Å². The highest BCUT2D eigenvalue weighted by Gasteiger charge is 2.10. The molecule has 0 bridgehead atoms. The van der Waals surface area contributed by atoms with Gasteiger partial charge >= 0.3 is 0 Å². The Morgan fingerprint density at radius 1 is 1.05 bits per heavy atom. The molecule has 3 heteroatoms. The third kappa shape index (κ3) is 3.84. The van der Waals surface area contributed by atoms with E-state index >= 15 is 0 Å². The maximum atomic E-state index is 13.5. The van der Waals surface area contributed by atoms with Crippen LogP contribution >= 0.6 is 11.8 Å². The molecular formula is C17H20FNS. The molecular weight excluding hydrogens is 269 g/mol. The summed E-state index contributed by atoms with van der Waals surface area (Å²) < 4.78 is 13.5. The topological polar surface area (TPSA) is 26.0 Å². The lowest BCUT2D eigenvalue weighted by Gasteiger charge is -2.15. The molecule has 0 aliphatic heterocycles. The van der Waals surface area contributed by atoms with E-state index in [1.54, 1.807) is 12.1 Å². The summed E-state index contributed by atoms with van der Waals surface area (Å²) in [6, 6.07) is 13.1. The summed E-state index contributed by atoms with van der Waals surface area (Å²) in [5.41, 5.74) is 10.1. The van der Waals surface area contributed by atoms with Crippen molar-refractivity contribution in [3.8, 4) is 0 Å². The van der Waals surface area contributed by atoms with E-state index in [9.17, 15) is 4.39 Å². The molecule has 0 saturated carbocycles. The molecule has 0 heterocycles. The highest BCUT2D eigenvalue weighted by molar-refractivity contribution is 7.99. The van der Waals surface area contributed by atoms with Crippen molar-refractivity contribution in [1.29, 1.82) is 0 Å². The van der Waals surface area contributed by atoms with Gasteiger partial charge in [-0.25, -0.2) is 4.39 Å². The summed E-state index contributed by atoms with van der Waals surface area (Å²) in [6.45, 7) is 4.22. The molecule has 2 aromatic carbocycles. The van der Waals surface area contributed by atoms with Gasteiger partial charge in [0.15, 0.2) is 0 Å². The molecule has 2 aromatic rings. The van der Waals surface area contributed by atoms with Crippen molar-refractivity contribution in [2.24, 2.45) is 5.73 Å². The van der Waals surface area contributed by atoms with Gasteiger partial charge in [0, 0.05) is 16.7 Å². The minimum atomic E-state index is -0.170. The zero-order valence-electron chi connectivity index (χ0n) is 11.9. The van der Waals surface area contributed by atoms with Crippen LogP contribution in [-0.4, -0.2) is 11.8 Å². The largest absolute Gasteiger partial charge is 0.327 e. The van der Waals surface area contributed by atoms with E-state index in [1.165, 1.54) is 34.5 Å². The molecule has 1 atom stereocenters. The number of aryl methyl sites for hydroxylation is 2. The van der Waals surface area contributed by atoms with Gasteiger partial charge in [-0.1, -0.05) is 30.3 Å². The molecule has 1 unspecified atom stereocenters. The van der Waals surface area contributed by atoms with Crippen LogP contribution in [0.1, 0.15) is 16.7 Å². The molecule has 1 nitrogen and oxygen atoms in total. The smallest absolute Gasteiger partial charge is 0.136 e. The Morgan fingerprint density at radius 2 is 1.70 bits per heavy atom. The number of hydrogen-bond acceptors (Lipinski definition) is 2. The van der Waals surface area contributed by atoms with Gasteiger partial charge < -0.3 is 5.73 Å². The van der Waals surface area contributed by atoms with Crippen LogP contribution in [0.2, 0.25) is 0 Å². The minimum Gasteiger partial charge on any atom is -0.327 e. The Balaban J connectivity index is 1.96. The van der Waals surface area contributed by atoms with E-state index < -0.39 is 0 Å². The zero-order valence-corrected chi connectivity index (χ0v) is 12.7. The Hall–Kier alpha value is -1.32. The van der Waals surface area contributed by atoms with Crippen LogP contribution in [0.5, 0.6) is 0 Å². The first-order valence-corrected chi connectivity index (χ1v) is 7.74. The standard InChI is InChI=1S/C17H20FNS/c1-12-6-5-7-13(2)15(12)10-14(19)11-20-17-9-4-3-8-16(17)18/h3-9,14H,10-11,19H2,1-2H3. The number of nitrogens with two attached hydrogens (primary N) is 1. The second kappa shape index (κ2) is 6.91. The predicted molar refractivity (Wildman–Crippen MR) is 84.7 cm³/mol. The monoisotopic (exact) mass is 289 g/mol. The first kappa shape index (κ1) is 15.1. The molecule has 0 spiro atoms. The van der Waals surface area contributed by atoms with E-state index in [-0.39, 0.29) is 11.9 Å². The third-order valence-corrected chi connectivity index (χ3v) is 4.64. The second-order valence-corrected chi connectivity index (χ2v) is 6.14.